The number of halogens is 1. The second kappa shape index (κ2) is 7.12. The molecule has 1 aromatic rings. The molecule has 0 saturated carbocycles. The molecule has 1 aromatic carbocycles. The number of carbonyl (C=O) groups is 1. The van der Waals surface area contributed by atoms with Crippen LogP contribution in [0.5, 0.6) is 0 Å². The lowest BCUT2D eigenvalue weighted by molar-refractivity contribution is 0.0700. The number of nitrogens with one attached hydrogen (secondary N) is 1. The minimum Gasteiger partial charge on any atom is -0.382 e. The lowest BCUT2D eigenvalue weighted by Crippen LogP contribution is -2.38. The first-order valence-corrected chi connectivity index (χ1v) is 6.90. The number of benzene rings is 1. The number of anilines is 1. The molecule has 0 aliphatic heterocycles. The Morgan fingerprint density at radius 3 is 2.58 bits per heavy atom. The topological polar surface area (TPSA) is 32.3 Å². The van der Waals surface area contributed by atoms with Gasteiger partial charge in [0, 0.05) is 19.1 Å². The van der Waals surface area contributed by atoms with Gasteiger partial charge >= 0.3 is 0 Å². The summed E-state index contributed by atoms with van der Waals surface area (Å²) in [5.74, 6) is -0.500. The molecule has 1 N–H and O–H groups in total. The molecule has 0 aliphatic carbocycles. The summed E-state index contributed by atoms with van der Waals surface area (Å²) in [5.41, 5.74) is 0.709. The molecule has 1 amide bonds. The number of amides is 1. The molecule has 19 heavy (non-hydrogen) atoms. The molecule has 0 heterocycles. The molecule has 1 atom stereocenters. The Labute approximate surface area is 114 Å². The van der Waals surface area contributed by atoms with Gasteiger partial charge in [0.2, 0.25) is 0 Å². The van der Waals surface area contributed by atoms with Crippen LogP contribution in [0, 0.1) is 5.82 Å². The third kappa shape index (κ3) is 3.46. The van der Waals surface area contributed by atoms with E-state index in [1.54, 1.807) is 17.0 Å². The van der Waals surface area contributed by atoms with Crippen molar-refractivity contribution >= 4 is 11.6 Å². The summed E-state index contributed by atoms with van der Waals surface area (Å²) in [6.07, 6.45) is 0.880. The molecule has 4 heteroatoms. The molecule has 0 spiro atoms. The zero-order valence-electron chi connectivity index (χ0n) is 12.2. The Balaban J connectivity index is 3.14. The minimum absolute atomic E-state index is 0.118. The fourth-order valence-electron chi connectivity index (χ4n) is 2.09. The van der Waals surface area contributed by atoms with E-state index in [0.717, 1.165) is 6.42 Å². The van der Waals surface area contributed by atoms with Crippen molar-refractivity contribution in [2.24, 2.45) is 0 Å². The zero-order valence-corrected chi connectivity index (χ0v) is 12.2. The van der Waals surface area contributed by atoms with Crippen LogP contribution in [-0.4, -0.2) is 29.9 Å². The molecule has 1 rings (SSSR count). The predicted octanol–water partition coefficient (Wildman–Crippen LogP) is 3.52. The molecular weight excluding hydrogens is 243 g/mol. The Morgan fingerprint density at radius 1 is 1.37 bits per heavy atom. The Hall–Kier alpha value is -1.58. The molecule has 0 saturated heterocycles. The summed E-state index contributed by atoms with van der Waals surface area (Å²) >= 11 is 0. The highest BCUT2D eigenvalue weighted by Crippen LogP contribution is 2.22. The molecule has 1 unspecified atom stereocenters. The zero-order chi connectivity index (χ0) is 14.4. The Morgan fingerprint density at radius 2 is 2.05 bits per heavy atom. The molecule has 0 aromatic heterocycles. The van der Waals surface area contributed by atoms with Crippen LogP contribution in [0.25, 0.3) is 0 Å². The van der Waals surface area contributed by atoms with Crippen LogP contribution in [0.1, 0.15) is 44.5 Å². The van der Waals surface area contributed by atoms with Crippen LogP contribution in [0.4, 0.5) is 10.1 Å². The number of carbonyl (C=O) groups excluding carboxylic acids is 1. The number of hydrogen-bond donors (Lipinski definition) is 1. The van der Waals surface area contributed by atoms with Crippen molar-refractivity contribution in [3.63, 3.8) is 0 Å². The van der Waals surface area contributed by atoms with E-state index in [1.165, 1.54) is 6.07 Å². The average Bonchev–Trinajstić information content (AvgIpc) is 2.41. The highest BCUT2D eigenvalue weighted by atomic mass is 19.1. The van der Waals surface area contributed by atoms with Crippen LogP contribution in [0.3, 0.4) is 0 Å². The largest absolute Gasteiger partial charge is 0.382 e. The monoisotopic (exact) mass is 266 g/mol. The fourth-order valence-corrected chi connectivity index (χ4v) is 2.09. The second-order valence-electron chi connectivity index (χ2n) is 4.54. The van der Waals surface area contributed by atoms with E-state index >= 15 is 0 Å². The minimum atomic E-state index is -0.382. The van der Waals surface area contributed by atoms with Crippen molar-refractivity contribution in [1.29, 1.82) is 0 Å². The summed E-state index contributed by atoms with van der Waals surface area (Å²) in [4.78, 5) is 14.3. The van der Waals surface area contributed by atoms with Crippen molar-refractivity contribution in [2.75, 3.05) is 18.4 Å². The third-order valence-corrected chi connectivity index (χ3v) is 3.32. The van der Waals surface area contributed by atoms with Crippen LogP contribution < -0.4 is 5.32 Å². The van der Waals surface area contributed by atoms with Gasteiger partial charge in [0.15, 0.2) is 0 Å². The Bertz CT molecular complexity index is 434. The lowest BCUT2D eigenvalue weighted by Gasteiger charge is -2.28. The molecule has 0 fully saturated rings. The van der Waals surface area contributed by atoms with Gasteiger partial charge in [-0.25, -0.2) is 4.39 Å². The summed E-state index contributed by atoms with van der Waals surface area (Å²) in [5, 5.41) is 2.94. The van der Waals surface area contributed by atoms with Crippen molar-refractivity contribution in [2.45, 2.75) is 40.2 Å². The maximum atomic E-state index is 13.8. The van der Waals surface area contributed by atoms with E-state index in [9.17, 15) is 9.18 Å². The first-order chi connectivity index (χ1) is 9.06. The molecular formula is C15H23FN2O. The fraction of sp³-hybridized carbons (Fsp3) is 0.533. The Kier molecular flexibility index (Phi) is 5.80. The van der Waals surface area contributed by atoms with E-state index < -0.39 is 0 Å². The predicted molar refractivity (Wildman–Crippen MR) is 77.0 cm³/mol. The first-order valence-electron chi connectivity index (χ1n) is 6.90. The smallest absolute Gasteiger partial charge is 0.256 e. The average molecular weight is 266 g/mol. The second-order valence-corrected chi connectivity index (χ2v) is 4.54. The van der Waals surface area contributed by atoms with Crippen molar-refractivity contribution in [1.82, 2.24) is 4.90 Å². The van der Waals surface area contributed by atoms with Gasteiger partial charge in [0.05, 0.1) is 11.3 Å². The van der Waals surface area contributed by atoms with E-state index in [2.05, 4.69) is 5.32 Å². The lowest BCUT2D eigenvalue weighted by atomic mass is 10.1. The molecule has 106 valence electrons. The molecule has 3 nitrogen and oxygen atoms in total. The van der Waals surface area contributed by atoms with Crippen molar-refractivity contribution in [3.05, 3.63) is 29.6 Å². The van der Waals surface area contributed by atoms with Gasteiger partial charge < -0.3 is 10.2 Å². The quantitative estimate of drug-likeness (QED) is 0.854. The molecule has 0 aliphatic rings. The summed E-state index contributed by atoms with van der Waals surface area (Å²) < 4.78 is 13.8. The van der Waals surface area contributed by atoms with Crippen molar-refractivity contribution in [3.8, 4) is 0 Å². The van der Waals surface area contributed by atoms with Crippen LogP contribution in [-0.2, 0) is 0 Å². The van der Waals surface area contributed by atoms with Gasteiger partial charge in [-0.15, -0.1) is 0 Å². The standard InChI is InChI=1S/C15H23FN2O/c1-5-11(4)18(7-3)15(19)12-9-8-10-13(16)14(12)17-6-2/h8-11,17H,5-7H2,1-4H3. The normalized spacial score (nSPS) is 12.1. The maximum Gasteiger partial charge on any atom is 0.256 e. The van der Waals surface area contributed by atoms with Crippen LogP contribution in [0.15, 0.2) is 18.2 Å². The third-order valence-electron chi connectivity index (χ3n) is 3.32. The van der Waals surface area contributed by atoms with E-state index in [-0.39, 0.29) is 17.8 Å². The number of para-hydroxylation sites is 1. The van der Waals surface area contributed by atoms with Gasteiger partial charge in [0.1, 0.15) is 5.82 Å². The maximum absolute atomic E-state index is 13.8. The van der Waals surface area contributed by atoms with Gasteiger partial charge in [0.25, 0.3) is 5.91 Å². The summed E-state index contributed by atoms with van der Waals surface area (Å²) in [6, 6.07) is 4.77. The van der Waals surface area contributed by atoms with E-state index in [1.807, 2.05) is 27.7 Å². The molecule has 0 bridgehead atoms. The summed E-state index contributed by atoms with van der Waals surface area (Å²) in [7, 11) is 0. The van der Waals surface area contributed by atoms with Crippen molar-refractivity contribution < 1.29 is 9.18 Å². The SMILES string of the molecule is CCNc1c(F)cccc1C(=O)N(CC)C(C)CC. The van der Waals surface area contributed by atoms with Crippen LogP contribution >= 0.6 is 0 Å². The number of hydrogen-bond acceptors (Lipinski definition) is 2. The summed E-state index contributed by atoms with van der Waals surface area (Å²) in [6.45, 7) is 9.07. The van der Waals surface area contributed by atoms with Gasteiger partial charge in [-0.05, 0) is 39.3 Å². The van der Waals surface area contributed by atoms with Gasteiger partial charge in [-0.2, -0.15) is 0 Å². The highest BCUT2D eigenvalue weighted by Gasteiger charge is 2.22. The number of rotatable bonds is 6. The first kappa shape index (κ1) is 15.5. The van der Waals surface area contributed by atoms with Crippen LogP contribution in [0.2, 0.25) is 0 Å². The van der Waals surface area contributed by atoms with Gasteiger partial charge in [-0.1, -0.05) is 13.0 Å². The highest BCUT2D eigenvalue weighted by molar-refractivity contribution is 5.99. The van der Waals surface area contributed by atoms with E-state index in [4.69, 9.17) is 0 Å². The van der Waals surface area contributed by atoms with Gasteiger partial charge in [-0.3, -0.25) is 4.79 Å². The molecule has 0 radical (unpaired) electrons. The van der Waals surface area contributed by atoms with E-state index in [0.29, 0.717) is 24.3 Å². The number of nitrogens with zero attached hydrogens (tertiary/aromatic N) is 1.